The third-order valence-electron chi connectivity index (χ3n) is 23.9. The number of alkyl halides is 3. The smallest absolute Gasteiger partial charge is 1.00 e. The first-order valence-corrected chi connectivity index (χ1v) is 50.2. The maximum atomic E-state index is 12.6. The van der Waals surface area contributed by atoms with Gasteiger partial charge in [-0.15, -0.1) is 0 Å². The number of halogens is 3. The number of piperidine rings is 1. The van der Waals surface area contributed by atoms with Gasteiger partial charge in [0.1, 0.15) is 74.0 Å². The molecule has 7 unspecified atom stereocenters. The Bertz CT molecular complexity index is 4750. The van der Waals surface area contributed by atoms with E-state index in [1.165, 1.54) is 39.7 Å². The molecule has 6 heterocycles. The number of hydrogen-bond donors (Lipinski definition) is 0. The fourth-order valence-corrected chi connectivity index (χ4v) is 17.6. The van der Waals surface area contributed by atoms with Crippen molar-refractivity contribution in [3.63, 3.8) is 0 Å². The van der Waals surface area contributed by atoms with E-state index in [1.807, 2.05) is 148 Å². The summed E-state index contributed by atoms with van der Waals surface area (Å²) in [6, 6.07) is 24.7. The molecule has 4 saturated heterocycles. The zero-order chi connectivity index (χ0) is 111. The van der Waals surface area contributed by atoms with Crippen LogP contribution in [0.4, 0.5) is 41.9 Å². The van der Waals surface area contributed by atoms with Crippen LogP contribution in [0.25, 0.3) is 5.57 Å². The summed E-state index contributed by atoms with van der Waals surface area (Å²) in [5, 5.41) is 0. The quantitative estimate of drug-likeness (QED) is 0.0504. The van der Waals surface area contributed by atoms with Crippen LogP contribution < -0.4 is 43.8 Å². The van der Waals surface area contributed by atoms with Crippen LogP contribution in [-0.4, -0.2) is 252 Å². The van der Waals surface area contributed by atoms with Crippen molar-refractivity contribution >= 4 is 93.8 Å². The summed E-state index contributed by atoms with van der Waals surface area (Å²) in [4.78, 5) is 179. The molecular formula is C106H162F3N6NaO28S. The van der Waals surface area contributed by atoms with Gasteiger partial charge in [-0.3, -0.25) is 19.2 Å². The maximum absolute atomic E-state index is 12.6. The molecule has 9 rings (SSSR count). The number of methoxy groups -OCH3 is 3. The van der Waals surface area contributed by atoms with E-state index in [0.29, 0.717) is 62.6 Å². The normalized spacial score (nSPS) is 21.1. The Morgan fingerprint density at radius 2 is 0.683 bits per heavy atom. The number of carbonyl (C=O) groups excluding carboxylic acids is 16. The van der Waals surface area contributed by atoms with E-state index in [2.05, 4.69) is 82.1 Å². The predicted molar refractivity (Wildman–Crippen MR) is 533 cm³/mol. The van der Waals surface area contributed by atoms with E-state index < -0.39 is 84.9 Å². The molecule has 4 fully saturated rings. The summed E-state index contributed by atoms with van der Waals surface area (Å²) < 4.78 is 113. The van der Waals surface area contributed by atoms with Crippen LogP contribution in [0.1, 0.15) is 327 Å². The molecule has 11 atom stereocenters. The van der Waals surface area contributed by atoms with Crippen molar-refractivity contribution in [2.45, 2.75) is 384 Å². The van der Waals surface area contributed by atoms with Crippen molar-refractivity contribution in [3.8, 4) is 17.2 Å². The summed E-state index contributed by atoms with van der Waals surface area (Å²) in [5.74, 6) is 2.90. The van der Waals surface area contributed by atoms with Crippen LogP contribution in [0, 0.1) is 17.8 Å². The third-order valence-corrected chi connectivity index (χ3v) is 24.9. The molecule has 0 spiro atoms. The van der Waals surface area contributed by atoms with Crippen molar-refractivity contribution in [1.82, 2.24) is 29.4 Å². The van der Waals surface area contributed by atoms with Crippen LogP contribution in [0.2, 0.25) is 0 Å². The van der Waals surface area contributed by atoms with Gasteiger partial charge in [-0.05, 0) is 320 Å². The van der Waals surface area contributed by atoms with Crippen molar-refractivity contribution in [2.24, 2.45) is 17.8 Å². The van der Waals surface area contributed by atoms with Gasteiger partial charge in [-0.1, -0.05) is 75.6 Å². The molecule has 3 aromatic carbocycles. The minimum Gasteiger partial charge on any atom is -1.00 e. The van der Waals surface area contributed by atoms with Gasteiger partial charge in [-0.2, -0.15) is 50.4 Å². The molecule has 145 heavy (non-hydrogen) atoms. The average Bonchev–Trinajstić information content (AvgIpc) is 1.29. The largest absolute Gasteiger partial charge is 1.00 e. The van der Waals surface area contributed by atoms with Gasteiger partial charge in [0.2, 0.25) is 0 Å². The van der Waals surface area contributed by atoms with Gasteiger partial charge in [0.05, 0.1) is 27.2 Å². The van der Waals surface area contributed by atoms with E-state index in [9.17, 15) is 69.5 Å². The maximum Gasteiger partial charge on any atom is 1.00 e. The number of nitrogens with zero attached hydrogens (tertiary/aromatic N) is 6. The standard InChI is InChI=1S/2C21H33NO3.C21H31NO3.C15H22F3NO6S.C14H23NO4.C11H19NO3.3CO2.Na.H/c3*1-7-16-14-15(2)22(20(23)25-21(3,4)5)13-12-19(16)17-8-10-18(24-6)11-9-17;1-9-8-11(10(2)20)12(25-26(22,23)15(16,17)18)6-7-19(9)13(21)24-14(3,4)5;1-9-8-11(10(2)16)12(17)6-7-15(9)13(18)19-14(3,4)5;1-8-7-9(13)5-6-12(8)10(14)15-11(2,3)4;3*2-1-3;;/h2*8-11,15-16,19H,7,12-14H2,1-6H3;8-11,15H,7,12-14H2,1-6H3;9H,6-8H2,1-5H3;9,11H,6-8H2,1-5H3;8H,5-7H2,1-4H3;;;;;/q;;;;;;;;;+1;-1/t15?,16-,19+;15?,16-,19-;;;;;;;;;/m00........./s1. The van der Waals surface area contributed by atoms with Gasteiger partial charge in [0.15, 0.2) is 5.78 Å². The van der Waals surface area contributed by atoms with Crippen molar-refractivity contribution < 1.29 is 176 Å². The second-order valence-corrected chi connectivity index (χ2v) is 43.7. The molecule has 6 aliphatic rings. The van der Waals surface area contributed by atoms with E-state index in [0.717, 1.165) is 95.0 Å². The third kappa shape index (κ3) is 48.8. The van der Waals surface area contributed by atoms with Crippen LogP contribution in [0.3, 0.4) is 0 Å². The van der Waals surface area contributed by atoms with Gasteiger partial charge in [0, 0.05) is 107 Å². The molecule has 812 valence electrons. The molecule has 0 N–H and O–H groups in total. The second-order valence-electron chi connectivity index (χ2n) is 42.2. The summed E-state index contributed by atoms with van der Waals surface area (Å²) in [6.07, 6.45) is 8.57. The van der Waals surface area contributed by atoms with Crippen LogP contribution in [0.5, 0.6) is 17.2 Å². The Labute approximate surface area is 880 Å². The number of ketones is 4. The van der Waals surface area contributed by atoms with Crippen molar-refractivity contribution in [1.29, 1.82) is 0 Å². The molecule has 34 nitrogen and oxygen atoms in total. The summed E-state index contributed by atoms with van der Waals surface area (Å²) in [5.41, 5.74) is -2.36. The number of amides is 6. The van der Waals surface area contributed by atoms with Crippen LogP contribution in [0.15, 0.2) is 89.7 Å². The van der Waals surface area contributed by atoms with E-state index in [1.54, 1.807) is 79.6 Å². The Morgan fingerprint density at radius 1 is 0.400 bits per heavy atom. The molecule has 0 saturated carbocycles. The molecular weight excluding hydrogens is 1920 g/mol. The first kappa shape index (κ1) is 135. The monoisotopic (exact) mass is 2080 g/mol. The Balaban J connectivity index is 0. The van der Waals surface area contributed by atoms with E-state index in [4.69, 9.17) is 71.4 Å². The second kappa shape index (κ2) is 62.0. The molecule has 0 radical (unpaired) electrons. The van der Waals surface area contributed by atoms with Crippen LogP contribution >= 0.6 is 0 Å². The number of Topliss-reactive ketones (excluding diaryl/α,β-unsaturated/α-hetero) is 4. The minimum atomic E-state index is -5.91. The minimum absolute atomic E-state index is 0. The molecule has 0 aromatic heterocycles. The fourth-order valence-electron chi connectivity index (χ4n) is 17.0. The Morgan fingerprint density at radius 3 is 0.972 bits per heavy atom. The molecule has 0 aliphatic carbocycles. The number of ether oxygens (including phenoxy) is 9. The van der Waals surface area contributed by atoms with Gasteiger partial charge >= 0.3 is 100 Å². The number of rotatable bonds is 13. The van der Waals surface area contributed by atoms with Crippen LogP contribution in [-0.2, 0) is 90.7 Å². The Hall–Kier alpha value is -10.5. The number of hydrogen-bond acceptors (Lipinski definition) is 28. The van der Waals surface area contributed by atoms with Gasteiger partial charge in [-0.25, -0.2) is 28.8 Å². The Kier molecular flexibility index (Phi) is 57.5. The molecule has 6 amide bonds. The fraction of sp³-hybridized carbons (Fsp3) is 0.670. The average molecular weight is 2080 g/mol. The molecule has 0 bridgehead atoms. The van der Waals surface area contributed by atoms with Gasteiger partial charge < -0.3 is 77.6 Å². The molecule has 39 heteroatoms. The number of benzene rings is 3. The first-order chi connectivity index (χ1) is 66.4. The SMILES string of the molecule is CC(=O)C1=C(OS(=O)(=O)C(F)(F)F)CCN(C(=O)OC(C)(C)C)C(C)C1.CC(=O)C1CC(C)N(C(=O)OC(C)(C)C)CCC1=O.CC1CC(=O)CCN1C(=O)OC(C)(C)C.CCC1=C(c2ccc(OC)cc2)CCN(C(=O)OC(C)(C)C)C(C)C1.CC[C@H]1CC(C)N(C(=O)OC(C)(C)C)CC[C@@H]1c1ccc(OC)cc1.CC[C@H]1CC(C)N(C(=O)OC(C)(C)C)CC[C@H]1c1ccc(OC)cc1.O=C=O.O=C=O.O=C=O.[H-].[Na+]. The first-order valence-electron chi connectivity index (χ1n) is 48.8. The van der Waals surface area contributed by atoms with Gasteiger partial charge in [0.25, 0.3) is 0 Å². The van der Waals surface area contributed by atoms with Crippen molar-refractivity contribution in [3.05, 3.63) is 106 Å². The molecule has 6 aliphatic heterocycles. The molecule has 3 aromatic rings. The predicted octanol–water partition coefficient (Wildman–Crippen LogP) is 18.4. The summed E-state index contributed by atoms with van der Waals surface area (Å²) >= 11 is 0. The summed E-state index contributed by atoms with van der Waals surface area (Å²) in [6.45, 7) is 56.8. The van der Waals surface area contributed by atoms with Crippen molar-refractivity contribution in [2.75, 3.05) is 60.6 Å². The zero-order valence-electron chi connectivity index (χ0n) is 92.8. The number of carbonyl (C=O) groups is 10. The zero-order valence-corrected chi connectivity index (χ0v) is 94.6. The topological polar surface area (TPSA) is 419 Å². The van der Waals surface area contributed by atoms with E-state index in [-0.39, 0.29) is 153 Å². The summed E-state index contributed by atoms with van der Waals surface area (Å²) in [7, 11) is -0.850. The van der Waals surface area contributed by atoms with E-state index >= 15 is 0 Å². The number of likely N-dealkylation sites (tertiary alicyclic amines) is 4.